The lowest BCUT2D eigenvalue weighted by Crippen LogP contribution is -2.53. The third-order valence-electron chi connectivity index (χ3n) is 2.81. The Kier molecular flexibility index (Phi) is 5.13. The topological polar surface area (TPSA) is 40.5 Å². The van der Waals surface area contributed by atoms with E-state index >= 15 is 0 Å². The van der Waals surface area contributed by atoms with E-state index in [0.29, 0.717) is 12.3 Å². The van der Waals surface area contributed by atoms with Crippen LogP contribution in [0.1, 0.15) is 41.0 Å². The average Bonchev–Trinajstić information content (AvgIpc) is 2.12. The van der Waals surface area contributed by atoms with Crippen LogP contribution >= 0.6 is 0 Å². The standard InChI is InChI=1S/C11H23NO2/c1-6-11(5,10(13)14)12(7-2)8-9(3)4/h9H,6-8H2,1-5H3,(H,13,14). The van der Waals surface area contributed by atoms with Crippen LogP contribution in [-0.2, 0) is 4.79 Å². The van der Waals surface area contributed by atoms with Crippen molar-refractivity contribution in [3.8, 4) is 0 Å². The Morgan fingerprint density at radius 3 is 2.14 bits per heavy atom. The van der Waals surface area contributed by atoms with Crippen molar-refractivity contribution < 1.29 is 9.90 Å². The number of hydrogen-bond donors (Lipinski definition) is 1. The van der Waals surface area contributed by atoms with Crippen LogP contribution < -0.4 is 0 Å². The largest absolute Gasteiger partial charge is 0.480 e. The van der Waals surface area contributed by atoms with E-state index in [1.165, 1.54) is 0 Å². The van der Waals surface area contributed by atoms with E-state index in [0.717, 1.165) is 13.1 Å². The molecular weight excluding hydrogens is 178 g/mol. The summed E-state index contributed by atoms with van der Waals surface area (Å²) in [5.41, 5.74) is -0.709. The summed E-state index contributed by atoms with van der Waals surface area (Å²) in [6, 6.07) is 0. The van der Waals surface area contributed by atoms with E-state index in [1.54, 1.807) is 6.92 Å². The van der Waals surface area contributed by atoms with Gasteiger partial charge in [-0.2, -0.15) is 0 Å². The summed E-state index contributed by atoms with van der Waals surface area (Å²) >= 11 is 0. The second kappa shape index (κ2) is 5.35. The monoisotopic (exact) mass is 201 g/mol. The Hall–Kier alpha value is -0.570. The zero-order valence-electron chi connectivity index (χ0n) is 10.0. The SMILES string of the molecule is CCN(CC(C)C)C(C)(CC)C(=O)O. The van der Waals surface area contributed by atoms with Gasteiger partial charge in [-0.3, -0.25) is 9.69 Å². The number of carboxylic acids is 1. The second-order valence-corrected chi connectivity index (χ2v) is 4.37. The fourth-order valence-corrected chi connectivity index (χ4v) is 1.63. The molecule has 1 N–H and O–H groups in total. The fourth-order valence-electron chi connectivity index (χ4n) is 1.63. The molecule has 0 aromatic heterocycles. The van der Waals surface area contributed by atoms with E-state index < -0.39 is 11.5 Å². The third kappa shape index (κ3) is 2.98. The number of carboxylic acid groups (broad SMARTS) is 1. The van der Waals surface area contributed by atoms with Crippen molar-refractivity contribution in [3.63, 3.8) is 0 Å². The molecule has 0 aliphatic heterocycles. The normalized spacial score (nSPS) is 15.9. The molecule has 1 atom stereocenters. The highest BCUT2D eigenvalue weighted by molar-refractivity contribution is 5.78. The van der Waals surface area contributed by atoms with Crippen LogP contribution in [0.5, 0.6) is 0 Å². The molecule has 0 fully saturated rings. The van der Waals surface area contributed by atoms with Gasteiger partial charge < -0.3 is 5.11 Å². The summed E-state index contributed by atoms with van der Waals surface area (Å²) < 4.78 is 0. The van der Waals surface area contributed by atoms with Gasteiger partial charge in [-0.1, -0.05) is 27.7 Å². The van der Waals surface area contributed by atoms with Crippen LogP contribution in [0, 0.1) is 5.92 Å². The first-order valence-corrected chi connectivity index (χ1v) is 5.36. The van der Waals surface area contributed by atoms with Crippen molar-refractivity contribution in [2.75, 3.05) is 13.1 Å². The first-order valence-electron chi connectivity index (χ1n) is 5.36. The quantitative estimate of drug-likeness (QED) is 0.716. The molecule has 0 spiro atoms. The summed E-state index contributed by atoms with van der Waals surface area (Å²) in [5.74, 6) is -0.220. The molecule has 1 unspecified atom stereocenters. The number of rotatable bonds is 6. The molecule has 0 saturated heterocycles. The molecule has 0 aromatic rings. The van der Waals surface area contributed by atoms with Crippen molar-refractivity contribution in [2.45, 2.75) is 46.6 Å². The molecule has 14 heavy (non-hydrogen) atoms. The molecule has 3 nitrogen and oxygen atoms in total. The Labute approximate surface area is 87.1 Å². The zero-order valence-corrected chi connectivity index (χ0v) is 10.0. The van der Waals surface area contributed by atoms with Crippen LogP contribution in [0.2, 0.25) is 0 Å². The number of carbonyl (C=O) groups is 1. The van der Waals surface area contributed by atoms with Crippen molar-refractivity contribution in [1.82, 2.24) is 4.90 Å². The predicted octanol–water partition coefficient (Wildman–Crippen LogP) is 2.22. The summed E-state index contributed by atoms with van der Waals surface area (Å²) in [6.07, 6.45) is 0.642. The van der Waals surface area contributed by atoms with Gasteiger partial charge in [0.2, 0.25) is 0 Å². The summed E-state index contributed by atoms with van der Waals surface area (Å²) in [6.45, 7) is 11.6. The van der Waals surface area contributed by atoms with Crippen molar-refractivity contribution >= 4 is 5.97 Å². The van der Waals surface area contributed by atoms with Gasteiger partial charge in [0.15, 0.2) is 0 Å². The Balaban J connectivity index is 4.68. The molecule has 0 amide bonds. The maximum Gasteiger partial charge on any atom is 0.323 e. The minimum atomic E-state index is -0.720. The molecule has 0 heterocycles. The van der Waals surface area contributed by atoms with Gasteiger partial charge in [0, 0.05) is 6.54 Å². The summed E-state index contributed by atoms with van der Waals surface area (Å²) in [7, 11) is 0. The number of aliphatic carboxylic acids is 1. The van der Waals surface area contributed by atoms with Crippen molar-refractivity contribution in [3.05, 3.63) is 0 Å². The highest BCUT2D eigenvalue weighted by atomic mass is 16.4. The maximum atomic E-state index is 11.2. The van der Waals surface area contributed by atoms with Crippen LogP contribution in [-0.4, -0.2) is 34.6 Å². The van der Waals surface area contributed by atoms with Gasteiger partial charge >= 0.3 is 5.97 Å². The lowest BCUT2D eigenvalue weighted by molar-refractivity contribution is -0.151. The number of nitrogens with zero attached hydrogens (tertiary/aromatic N) is 1. The zero-order chi connectivity index (χ0) is 11.4. The van der Waals surface area contributed by atoms with Gasteiger partial charge in [0.1, 0.15) is 5.54 Å². The lowest BCUT2D eigenvalue weighted by atomic mass is 9.95. The van der Waals surface area contributed by atoms with Crippen LogP contribution in [0.25, 0.3) is 0 Å². The lowest BCUT2D eigenvalue weighted by Gasteiger charge is -2.37. The van der Waals surface area contributed by atoms with E-state index in [9.17, 15) is 9.90 Å². The molecular formula is C11H23NO2. The van der Waals surface area contributed by atoms with Crippen LogP contribution in [0.15, 0.2) is 0 Å². The summed E-state index contributed by atoms with van der Waals surface area (Å²) in [5, 5.41) is 9.21. The average molecular weight is 201 g/mol. The summed E-state index contributed by atoms with van der Waals surface area (Å²) in [4.78, 5) is 13.2. The number of likely N-dealkylation sites (N-methyl/N-ethyl adjacent to an activating group) is 1. The molecule has 3 heteroatoms. The van der Waals surface area contributed by atoms with Crippen molar-refractivity contribution in [2.24, 2.45) is 5.92 Å². The van der Waals surface area contributed by atoms with E-state index in [2.05, 4.69) is 13.8 Å². The Bertz CT molecular complexity index is 192. The minimum Gasteiger partial charge on any atom is -0.480 e. The van der Waals surface area contributed by atoms with Gasteiger partial charge in [0.25, 0.3) is 0 Å². The van der Waals surface area contributed by atoms with Gasteiger partial charge in [-0.15, -0.1) is 0 Å². The maximum absolute atomic E-state index is 11.2. The van der Waals surface area contributed by atoms with Crippen molar-refractivity contribution in [1.29, 1.82) is 0 Å². The fraction of sp³-hybridized carbons (Fsp3) is 0.909. The minimum absolute atomic E-state index is 0.500. The van der Waals surface area contributed by atoms with Crippen LogP contribution in [0.4, 0.5) is 0 Å². The molecule has 0 rings (SSSR count). The highest BCUT2D eigenvalue weighted by Gasteiger charge is 2.36. The van der Waals surface area contributed by atoms with Gasteiger partial charge in [0.05, 0.1) is 0 Å². The van der Waals surface area contributed by atoms with Gasteiger partial charge in [-0.25, -0.2) is 0 Å². The molecule has 0 aromatic carbocycles. The predicted molar refractivity (Wildman–Crippen MR) is 58.4 cm³/mol. The number of hydrogen-bond acceptors (Lipinski definition) is 2. The van der Waals surface area contributed by atoms with E-state index in [-0.39, 0.29) is 0 Å². The third-order valence-corrected chi connectivity index (χ3v) is 2.81. The van der Waals surface area contributed by atoms with Gasteiger partial charge in [-0.05, 0) is 25.8 Å². The van der Waals surface area contributed by atoms with Crippen LogP contribution in [0.3, 0.4) is 0 Å². The highest BCUT2D eigenvalue weighted by Crippen LogP contribution is 2.20. The molecule has 0 bridgehead atoms. The Morgan fingerprint density at radius 2 is 1.93 bits per heavy atom. The first kappa shape index (κ1) is 13.4. The molecule has 84 valence electrons. The first-order chi connectivity index (χ1) is 6.38. The van der Waals surface area contributed by atoms with E-state index in [4.69, 9.17) is 0 Å². The molecule has 0 aliphatic carbocycles. The molecule has 0 radical (unpaired) electrons. The Morgan fingerprint density at radius 1 is 1.43 bits per heavy atom. The molecule has 0 saturated carbocycles. The second-order valence-electron chi connectivity index (χ2n) is 4.37. The van der Waals surface area contributed by atoms with E-state index in [1.807, 2.05) is 18.7 Å². The smallest absolute Gasteiger partial charge is 0.323 e. The molecule has 0 aliphatic rings.